The third-order valence-electron chi connectivity index (χ3n) is 3.12. The molecule has 0 saturated heterocycles. The van der Waals surface area contributed by atoms with Crippen LogP contribution in [-0.2, 0) is 6.54 Å². The van der Waals surface area contributed by atoms with Crippen LogP contribution in [0.1, 0.15) is 21.8 Å². The molecule has 5 heteroatoms. The van der Waals surface area contributed by atoms with E-state index in [-0.39, 0.29) is 5.91 Å². The lowest BCUT2D eigenvalue weighted by Crippen LogP contribution is -2.22. The van der Waals surface area contributed by atoms with Gasteiger partial charge in [-0.25, -0.2) is 0 Å². The number of aryl methyl sites for hydroxylation is 1. The Hall–Kier alpha value is -2.82. The van der Waals surface area contributed by atoms with Crippen LogP contribution in [-0.4, -0.2) is 11.1 Å². The molecule has 0 aliphatic rings. The molecule has 3 aromatic rings. The summed E-state index contributed by atoms with van der Waals surface area (Å²) < 4.78 is 9.93. The molecule has 2 heterocycles. The Bertz CT molecular complexity index is 727. The van der Waals surface area contributed by atoms with Crippen LogP contribution >= 0.6 is 0 Å². The zero-order valence-electron chi connectivity index (χ0n) is 11.5. The molecule has 106 valence electrons. The number of carbonyl (C=O) groups excluding carboxylic acids is 1. The molecule has 3 rings (SSSR count). The molecule has 0 atom stereocenters. The van der Waals surface area contributed by atoms with E-state index in [0.29, 0.717) is 18.0 Å². The lowest BCUT2D eigenvalue weighted by Gasteiger charge is -2.04. The Morgan fingerprint density at radius 2 is 2.00 bits per heavy atom. The summed E-state index contributed by atoms with van der Waals surface area (Å²) in [7, 11) is 0. The number of nitrogens with zero attached hydrogens (tertiary/aromatic N) is 1. The normalized spacial score (nSPS) is 10.5. The fraction of sp³-hybridized carbons (Fsp3) is 0.125. The first kappa shape index (κ1) is 13.2. The van der Waals surface area contributed by atoms with Crippen molar-refractivity contribution >= 4 is 5.91 Å². The number of rotatable bonds is 4. The third-order valence-corrected chi connectivity index (χ3v) is 3.12. The molecular formula is C16H14N2O3. The number of amides is 1. The van der Waals surface area contributed by atoms with E-state index in [9.17, 15) is 4.79 Å². The van der Waals surface area contributed by atoms with Gasteiger partial charge < -0.3 is 14.3 Å². The van der Waals surface area contributed by atoms with E-state index in [2.05, 4.69) is 10.5 Å². The number of aromatic nitrogens is 1. The molecule has 1 aromatic carbocycles. The largest absolute Gasteiger partial charge is 0.472 e. The smallest absolute Gasteiger partial charge is 0.273 e. The monoisotopic (exact) mass is 282 g/mol. The zero-order valence-corrected chi connectivity index (χ0v) is 11.5. The topological polar surface area (TPSA) is 68.3 Å². The summed E-state index contributed by atoms with van der Waals surface area (Å²) in [6, 6.07) is 11.4. The molecule has 0 fully saturated rings. The lowest BCUT2D eigenvalue weighted by atomic mass is 10.1. The first-order valence-electron chi connectivity index (χ1n) is 6.55. The highest BCUT2D eigenvalue weighted by Gasteiger charge is 2.10. The predicted molar refractivity (Wildman–Crippen MR) is 76.6 cm³/mol. The maximum atomic E-state index is 11.8. The summed E-state index contributed by atoms with van der Waals surface area (Å²) in [5, 5.41) is 6.48. The maximum Gasteiger partial charge on any atom is 0.273 e. The van der Waals surface area contributed by atoms with Gasteiger partial charge in [0.25, 0.3) is 5.91 Å². The first-order chi connectivity index (χ1) is 10.2. The predicted octanol–water partition coefficient (Wildman–Crippen LogP) is 3.17. The second-order valence-corrected chi connectivity index (χ2v) is 4.71. The molecule has 0 bridgehead atoms. The summed E-state index contributed by atoms with van der Waals surface area (Å²) in [5.74, 6) is 0.371. The Morgan fingerprint density at radius 3 is 2.62 bits per heavy atom. The Balaban J connectivity index is 1.62. The van der Waals surface area contributed by atoms with Crippen LogP contribution in [0.25, 0.3) is 11.1 Å². The van der Waals surface area contributed by atoms with Crippen molar-refractivity contribution in [2.45, 2.75) is 13.5 Å². The molecule has 5 nitrogen and oxygen atoms in total. The van der Waals surface area contributed by atoms with Gasteiger partial charge in [0.05, 0.1) is 12.5 Å². The van der Waals surface area contributed by atoms with Crippen molar-refractivity contribution < 1.29 is 13.7 Å². The lowest BCUT2D eigenvalue weighted by molar-refractivity contribution is 0.0942. The highest BCUT2D eigenvalue weighted by atomic mass is 16.5. The molecule has 21 heavy (non-hydrogen) atoms. The van der Waals surface area contributed by atoms with E-state index >= 15 is 0 Å². The Morgan fingerprint density at radius 1 is 1.19 bits per heavy atom. The summed E-state index contributed by atoms with van der Waals surface area (Å²) >= 11 is 0. The van der Waals surface area contributed by atoms with Crippen molar-refractivity contribution in [2.75, 3.05) is 0 Å². The van der Waals surface area contributed by atoms with Gasteiger partial charge in [-0.1, -0.05) is 29.4 Å². The van der Waals surface area contributed by atoms with E-state index in [1.54, 1.807) is 25.5 Å². The SMILES string of the molecule is Cc1cc(C(=O)NCc2ccc(-c3ccoc3)cc2)no1. The minimum Gasteiger partial charge on any atom is -0.472 e. The summed E-state index contributed by atoms with van der Waals surface area (Å²) in [6.07, 6.45) is 3.34. The molecule has 0 spiro atoms. The summed E-state index contributed by atoms with van der Waals surface area (Å²) in [6.45, 7) is 2.19. The van der Waals surface area contributed by atoms with Gasteiger partial charge in [0, 0.05) is 18.2 Å². The molecule has 0 saturated carbocycles. The van der Waals surface area contributed by atoms with Crippen molar-refractivity contribution in [3.63, 3.8) is 0 Å². The van der Waals surface area contributed by atoms with E-state index in [1.807, 2.05) is 30.3 Å². The standard InChI is InChI=1S/C16H14N2O3/c1-11-8-15(18-21-11)16(19)17-9-12-2-4-13(5-3-12)14-6-7-20-10-14/h2-8,10H,9H2,1H3,(H,17,19). The first-order valence-corrected chi connectivity index (χ1v) is 6.55. The number of furan rings is 1. The minimum atomic E-state index is -0.245. The van der Waals surface area contributed by atoms with Crippen LogP contribution in [0.3, 0.4) is 0 Å². The van der Waals surface area contributed by atoms with E-state index in [0.717, 1.165) is 16.7 Å². The van der Waals surface area contributed by atoms with Gasteiger partial charge in [0.15, 0.2) is 5.69 Å². The maximum absolute atomic E-state index is 11.8. The van der Waals surface area contributed by atoms with E-state index in [4.69, 9.17) is 8.94 Å². The Kier molecular flexibility index (Phi) is 3.55. The third kappa shape index (κ3) is 3.02. The van der Waals surface area contributed by atoms with Crippen LogP contribution in [0.2, 0.25) is 0 Å². The molecule has 2 aromatic heterocycles. The number of carbonyl (C=O) groups is 1. The van der Waals surface area contributed by atoms with Gasteiger partial charge in [-0.05, 0) is 24.1 Å². The van der Waals surface area contributed by atoms with Crippen molar-refractivity contribution in [2.24, 2.45) is 0 Å². The number of nitrogens with one attached hydrogen (secondary N) is 1. The molecule has 0 aliphatic carbocycles. The van der Waals surface area contributed by atoms with Gasteiger partial charge >= 0.3 is 0 Å². The highest BCUT2D eigenvalue weighted by Crippen LogP contribution is 2.19. The second-order valence-electron chi connectivity index (χ2n) is 4.71. The van der Waals surface area contributed by atoms with Crippen molar-refractivity contribution in [3.8, 4) is 11.1 Å². The fourth-order valence-electron chi connectivity index (χ4n) is 1.99. The van der Waals surface area contributed by atoms with Gasteiger partial charge in [-0.2, -0.15) is 0 Å². The van der Waals surface area contributed by atoms with E-state index < -0.39 is 0 Å². The highest BCUT2D eigenvalue weighted by molar-refractivity contribution is 5.92. The number of hydrogen-bond acceptors (Lipinski definition) is 4. The van der Waals surface area contributed by atoms with Crippen molar-refractivity contribution in [3.05, 3.63) is 65.9 Å². The van der Waals surface area contributed by atoms with Crippen LogP contribution < -0.4 is 5.32 Å². The number of hydrogen-bond donors (Lipinski definition) is 1. The minimum absolute atomic E-state index is 0.245. The Labute approximate surface area is 121 Å². The van der Waals surface area contributed by atoms with Gasteiger partial charge in [0.2, 0.25) is 0 Å². The van der Waals surface area contributed by atoms with E-state index in [1.165, 1.54) is 0 Å². The van der Waals surface area contributed by atoms with Crippen LogP contribution in [0.15, 0.2) is 57.9 Å². The molecule has 0 aliphatic heterocycles. The summed E-state index contributed by atoms with van der Waals surface area (Å²) in [5.41, 5.74) is 3.41. The molecule has 0 radical (unpaired) electrons. The van der Waals surface area contributed by atoms with Gasteiger partial charge in [0.1, 0.15) is 5.76 Å². The van der Waals surface area contributed by atoms with Crippen molar-refractivity contribution in [1.82, 2.24) is 10.5 Å². The van der Waals surface area contributed by atoms with Crippen molar-refractivity contribution in [1.29, 1.82) is 0 Å². The fourth-order valence-corrected chi connectivity index (χ4v) is 1.99. The average molecular weight is 282 g/mol. The summed E-state index contributed by atoms with van der Waals surface area (Å²) in [4.78, 5) is 11.8. The molecule has 0 unspecified atom stereocenters. The molecule has 1 N–H and O–H groups in total. The molecular weight excluding hydrogens is 268 g/mol. The van der Waals surface area contributed by atoms with Crippen LogP contribution in [0, 0.1) is 6.92 Å². The average Bonchev–Trinajstić information content (AvgIpc) is 3.16. The molecule has 1 amide bonds. The van der Waals surface area contributed by atoms with Gasteiger partial charge in [-0.15, -0.1) is 0 Å². The number of benzene rings is 1. The zero-order chi connectivity index (χ0) is 14.7. The quantitative estimate of drug-likeness (QED) is 0.798. The second kappa shape index (κ2) is 5.66. The van der Waals surface area contributed by atoms with Gasteiger partial charge in [-0.3, -0.25) is 4.79 Å². The van der Waals surface area contributed by atoms with Crippen LogP contribution in [0.5, 0.6) is 0 Å². The van der Waals surface area contributed by atoms with Crippen LogP contribution in [0.4, 0.5) is 0 Å².